The molecule has 0 saturated carbocycles. The second-order valence-corrected chi connectivity index (χ2v) is 5.02. The highest BCUT2D eigenvalue weighted by molar-refractivity contribution is 6.31. The van der Waals surface area contributed by atoms with Gasteiger partial charge in [-0.3, -0.25) is 4.98 Å². The van der Waals surface area contributed by atoms with Crippen LogP contribution in [0.15, 0.2) is 18.5 Å². The van der Waals surface area contributed by atoms with Crippen molar-refractivity contribution in [3.8, 4) is 0 Å². The summed E-state index contributed by atoms with van der Waals surface area (Å²) in [6, 6.07) is 1.65. The second kappa shape index (κ2) is 5.89. The van der Waals surface area contributed by atoms with Crippen molar-refractivity contribution in [2.24, 2.45) is 0 Å². The topological polar surface area (TPSA) is 33.1 Å². The maximum Gasteiger partial charge on any atom is 0.389 e. The molecule has 1 atom stereocenters. The van der Waals surface area contributed by atoms with Gasteiger partial charge in [0.25, 0.3) is 0 Å². The van der Waals surface area contributed by atoms with Crippen molar-refractivity contribution in [3.05, 3.63) is 29.0 Å². The van der Waals surface area contributed by atoms with Gasteiger partial charge < -0.3 is 5.11 Å². The summed E-state index contributed by atoms with van der Waals surface area (Å²) in [6.07, 6.45) is -1.89. The molecule has 0 spiro atoms. The molecule has 2 nitrogen and oxygen atoms in total. The molecule has 0 fully saturated rings. The van der Waals surface area contributed by atoms with Crippen LogP contribution in [0, 0.1) is 0 Å². The van der Waals surface area contributed by atoms with Crippen LogP contribution in [-0.2, 0) is 6.42 Å². The summed E-state index contributed by atoms with van der Waals surface area (Å²) in [5.41, 5.74) is -0.514. The van der Waals surface area contributed by atoms with Gasteiger partial charge in [-0.25, -0.2) is 0 Å². The highest BCUT2D eigenvalue weighted by atomic mass is 35.5. The van der Waals surface area contributed by atoms with E-state index >= 15 is 0 Å². The summed E-state index contributed by atoms with van der Waals surface area (Å²) >= 11 is 5.88. The fourth-order valence-corrected chi connectivity index (χ4v) is 1.90. The quantitative estimate of drug-likeness (QED) is 0.891. The van der Waals surface area contributed by atoms with Gasteiger partial charge in [0, 0.05) is 25.2 Å². The van der Waals surface area contributed by atoms with E-state index in [0.29, 0.717) is 10.6 Å². The maximum absolute atomic E-state index is 12.0. The third kappa shape index (κ3) is 5.69. The van der Waals surface area contributed by atoms with Gasteiger partial charge in [-0.2, -0.15) is 13.2 Å². The van der Waals surface area contributed by atoms with Crippen LogP contribution in [-0.4, -0.2) is 21.9 Å². The summed E-state index contributed by atoms with van der Waals surface area (Å²) in [5, 5.41) is 10.5. The van der Waals surface area contributed by atoms with Crippen LogP contribution in [0.1, 0.15) is 31.7 Å². The Labute approximate surface area is 109 Å². The second-order valence-electron chi connectivity index (χ2n) is 4.61. The number of alkyl halides is 3. The summed E-state index contributed by atoms with van der Waals surface area (Å²) in [4.78, 5) is 3.81. The first kappa shape index (κ1) is 15.2. The lowest BCUT2D eigenvalue weighted by Gasteiger charge is -2.24. The van der Waals surface area contributed by atoms with Gasteiger partial charge in [-0.05, 0) is 31.4 Å². The van der Waals surface area contributed by atoms with Gasteiger partial charge in [0.15, 0.2) is 0 Å². The lowest BCUT2D eigenvalue weighted by Crippen LogP contribution is -2.27. The molecule has 0 radical (unpaired) electrons. The molecule has 0 aliphatic heterocycles. The molecule has 6 heteroatoms. The number of hydrogen-bond acceptors (Lipinski definition) is 2. The van der Waals surface area contributed by atoms with Crippen molar-refractivity contribution < 1.29 is 18.3 Å². The predicted octanol–water partition coefficient (Wildman–Crippen LogP) is 3.76. The Morgan fingerprint density at radius 2 is 2.00 bits per heavy atom. The largest absolute Gasteiger partial charge is 0.390 e. The summed E-state index contributed by atoms with van der Waals surface area (Å²) in [7, 11) is 0. The van der Waals surface area contributed by atoms with E-state index < -0.39 is 18.2 Å². The molecule has 0 amide bonds. The molecule has 1 aromatic heterocycles. The monoisotopic (exact) mass is 281 g/mol. The summed E-state index contributed by atoms with van der Waals surface area (Å²) < 4.78 is 36.0. The fourth-order valence-electron chi connectivity index (χ4n) is 1.72. The molecule has 1 unspecified atom stereocenters. The molecule has 18 heavy (non-hydrogen) atoms. The molecule has 0 saturated heterocycles. The van der Waals surface area contributed by atoms with Gasteiger partial charge in [0.05, 0.1) is 10.6 Å². The zero-order valence-corrected chi connectivity index (χ0v) is 10.7. The van der Waals surface area contributed by atoms with Crippen molar-refractivity contribution >= 4 is 11.6 Å². The summed E-state index contributed by atoms with van der Waals surface area (Å²) in [5.74, 6) is 0. The van der Waals surface area contributed by atoms with Crippen LogP contribution in [0.4, 0.5) is 13.2 Å². The number of nitrogens with zero attached hydrogens (tertiary/aromatic N) is 1. The Kier molecular flexibility index (Phi) is 4.99. The molecule has 0 aromatic carbocycles. The minimum Gasteiger partial charge on any atom is -0.390 e. The first-order valence-electron chi connectivity index (χ1n) is 5.57. The molecule has 1 N–H and O–H groups in total. The van der Waals surface area contributed by atoms with E-state index in [4.69, 9.17) is 11.6 Å². The number of hydrogen-bond donors (Lipinski definition) is 1. The van der Waals surface area contributed by atoms with Crippen LogP contribution in [0.5, 0.6) is 0 Å². The van der Waals surface area contributed by atoms with Gasteiger partial charge in [0.2, 0.25) is 0 Å². The molecular weight excluding hydrogens is 267 g/mol. The number of aromatic nitrogens is 1. The van der Waals surface area contributed by atoms with Gasteiger partial charge in [0.1, 0.15) is 0 Å². The van der Waals surface area contributed by atoms with Crippen LogP contribution in [0.25, 0.3) is 0 Å². The molecule has 1 heterocycles. The van der Waals surface area contributed by atoms with Gasteiger partial charge in [-0.15, -0.1) is 0 Å². The van der Waals surface area contributed by atoms with E-state index in [9.17, 15) is 18.3 Å². The number of pyridine rings is 1. The first-order chi connectivity index (χ1) is 8.20. The maximum atomic E-state index is 12.0. The number of halogens is 4. The van der Waals surface area contributed by atoms with Gasteiger partial charge in [-0.1, -0.05) is 11.6 Å². The van der Waals surface area contributed by atoms with Crippen LogP contribution >= 0.6 is 11.6 Å². The van der Waals surface area contributed by atoms with E-state index in [1.807, 2.05) is 0 Å². The zero-order chi connectivity index (χ0) is 13.8. The Morgan fingerprint density at radius 1 is 1.33 bits per heavy atom. The molecule has 1 rings (SSSR count). The summed E-state index contributed by atoms with van der Waals surface area (Å²) in [6.45, 7) is 1.51. The Bertz CT molecular complexity index is 393. The third-order valence-corrected chi connectivity index (χ3v) is 2.94. The molecular formula is C12H15ClF3NO. The van der Waals surface area contributed by atoms with E-state index in [1.54, 1.807) is 6.07 Å². The van der Waals surface area contributed by atoms with Gasteiger partial charge >= 0.3 is 6.18 Å². The molecule has 0 aliphatic carbocycles. The van der Waals surface area contributed by atoms with Crippen molar-refractivity contribution in [1.29, 1.82) is 0 Å². The predicted molar refractivity (Wildman–Crippen MR) is 63.5 cm³/mol. The van der Waals surface area contributed by atoms with Crippen molar-refractivity contribution in [1.82, 2.24) is 4.98 Å². The standard InChI is InChI=1S/C12H15ClF3NO/c1-11(18,4-2-5-12(14,15)16)7-9-3-6-17-8-10(9)13/h3,6,8,18H,2,4-5,7H2,1H3. The Morgan fingerprint density at radius 3 is 2.56 bits per heavy atom. The number of aliphatic hydroxyl groups is 1. The Balaban J connectivity index is 2.52. The molecule has 1 aromatic rings. The molecule has 0 aliphatic rings. The molecule has 102 valence electrons. The third-order valence-electron chi connectivity index (χ3n) is 2.60. The minimum atomic E-state index is -4.18. The highest BCUT2D eigenvalue weighted by Crippen LogP contribution is 2.27. The average Bonchev–Trinajstić information content (AvgIpc) is 2.18. The van der Waals surface area contributed by atoms with Crippen LogP contribution in [0.3, 0.4) is 0 Å². The smallest absolute Gasteiger partial charge is 0.389 e. The van der Waals surface area contributed by atoms with E-state index in [0.717, 1.165) is 0 Å². The first-order valence-corrected chi connectivity index (χ1v) is 5.95. The number of rotatable bonds is 5. The van der Waals surface area contributed by atoms with E-state index in [-0.39, 0.29) is 19.3 Å². The Hall–Kier alpha value is -0.810. The highest BCUT2D eigenvalue weighted by Gasteiger charge is 2.29. The van der Waals surface area contributed by atoms with E-state index in [1.165, 1.54) is 19.3 Å². The van der Waals surface area contributed by atoms with Crippen LogP contribution in [0.2, 0.25) is 5.02 Å². The average molecular weight is 282 g/mol. The van der Waals surface area contributed by atoms with Crippen molar-refractivity contribution in [3.63, 3.8) is 0 Å². The van der Waals surface area contributed by atoms with Crippen molar-refractivity contribution in [2.75, 3.05) is 0 Å². The fraction of sp³-hybridized carbons (Fsp3) is 0.583. The zero-order valence-electron chi connectivity index (χ0n) is 9.97. The lowest BCUT2D eigenvalue weighted by molar-refractivity contribution is -0.137. The SMILES string of the molecule is CC(O)(CCCC(F)(F)F)Cc1ccncc1Cl. The van der Waals surface area contributed by atoms with Crippen molar-refractivity contribution in [2.45, 2.75) is 44.4 Å². The minimum absolute atomic E-state index is 0.0746. The lowest BCUT2D eigenvalue weighted by atomic mass is 9.91. The van der Waals surface area contributed by atoms with E-state index in [2.05, 4.69) is 4.98 Å². The normalized spacial score (nSPS) is 15.4. The van der Waals surface area contributed by atoms with Crippen LogP contribution < -0.4 is 0 Å². The molecule has 0 bridgehead atoms.